The Morgan fingerprint density at radius 2 is 1.00 bits per heavy atom. The molecule has 0 fully saturated rings. The number of hydrogen-bond acceptors (Lipinski definition) is 3. The van der Waals surface area contributed by atoms with Crippen molar-refractivity contribution in [2.75, 3.05) is 0 Å². The van der Waals surface area contributed by atoms with E-state index in [-0.39, 0.29) is 0 Å². The molecular formula is C27H32O3Si. The van der Waals surface area contributed by atoms with E-state index in [0.29, 0.717) is 0 Å². The average molecular weight is 433 g/mol. The van der Waals surface area contributed by atoms with Crippen LogP contribution in [0.15, 0.2) is 103 Å². The van der Waals surface area contributed by atoms with Crippen LogP contribution in [0.3, 0.4) is 0 Å². The third kappa shape index (κ3) is 7.98. The molecule has 0 atom stereocenters. The number of para-hydroxylation sites is 3. The van der Waals surface area contributed by atoms with Crippen molar-refractivity contribution in [2.24, 2.45) is 0 Å². The van der Waals surface area contributed by atoms with Gasteiger partial charge in [0.2, 0.25) is 0 Å². The molecule has 3 aromatic rings. The van der Waals surface area contributed by atoms with Crippen molar-refractivity contribution >= 4 is 8.80 Å². The van der Waals surface area contributed by atoms with Crippen LogP contribution in [0.1, 0.15) is 45.4 Å². The number of benzene rings is 3. The minimum Gasteiger partial charge on any atom is -0.480 e. The van der Waals surface area contributed by atoms with Gasteiger partial charge in [-0.3, -0.25) is 0 Å². The molecule has 3 aromatic carbocycles. The Labute approximate surface area is 187 Å². The van der Waals surface area contributed by atoms with Crippen LogP contribution >= 0.6 is 0 Å². The molecule has 0 aliphatic carbocycles. The van der Waals surface area contributed by atoms with E-state index in [1.807, 2.05) is 96.7 Å². The third-order valence-electron chi connectivity index (χ3n) is 4.81. The second-order valence-corrected chi connectivity index (χ2v) is 9.61. The van der Waals surface area contributed by atoms with Crippen LogP contribution in [0, 0.1) is 0 Å². The van der Waals surface area contributed by atoms with Crippen LogP contribution in [0.2, 0.25) is 0 Å². The molecule has 0 aliphatic rings. The van der Waals surface area contributed by atoms with Gasteiger partial charge in [-0.25, -0.2) is 0 Å². The molecule has 31 heavy (non-hydrogen) atoms. The largest absolute Gasteiger partial charge is 0.729 e. The van der Waals surface area contributed by atoms with Gasteiger partial charge in [0.05, 0.1) is 0 Å². The van der Waals surface area contributed by atoms with Crippen LogP contribution in [0.4, 0.5) is 0 Å². The summed E-state index contributed by atoms with van der Waals surface area (Å²) in [6.45, 7) is 2.24. The minimum atomic E-state index is -3.27. The van der Waals surface area contributed by atoms with Crippen LogP contribution < -0.4 is 13.3 Å². The lowest BCUT2D eigenvalue weighted by Gasteiger charge is -2.28. The molecule has 3 nitrogen and oxygen atoms in total. The normalized spacial score (nSPS) is 11.4. The van der Waals surface area contributed by atoms with Gasteiger partial charge in [0, 0.05) is 5.70 Å². The second kappa shape index (κ2) is 12.7. The highest BCUT2D eigenvalue weighted by molar-refractivity contribution is 6.68. The maximum atomic E-state index is 6.46. The van der Waals surface area contributed by atoms with Gasteiger partial charge in [0.15, 0.2) is 0 Å². The summed E-state index contributed by atoms with van der Waals surface area (Å²) >= 11 is 0. The summed E-state index contributed by atoms with van der Waals surface area (Å²) in [7, 11) is -3.27. The second-order valence-electron chi connectivity index (χ2n) is 7.45. The molecule has 0 N–H and O–H groups in total. The van der Waals surface area contributed by atoms with Gasteiger partial charge in [-0.15, -0.1) is 0 Å². The highest BCUT2D eigenvalue weighted by Crippen LogP contribution is 2.25. The Morgan fingerprint density at radius 1 is 0.581 bits per heavy atom. The first-order chi connectivity index (χ1) is 15.3. The zero-order chi connectivity index (χ0) is 21.6. The van der Waals surface area contributed by atoms with Crippen molar-refractivity contribution in [2.45, 2.75) is 45.4 Å². The van der Waals surface area contributed by atoms with Crippen molar-refractivity contribution in [3.05, 3.63) is 103 Å². The molecule has 0 amide bonds. The zero-order valence-electron chi connectivity index (χ0n) is 18.3. The van der Waals surface area contributed by atoms with Gasteiger partial charge < -0.3 is 13.3 Å². The maximum absolute atomic E-state index is 6.46. The number of allylic oxidation sites excluding steroid dienone is 1. The topological polar surface area (TPSA) is 27.7 Å². The molecule has 4 heteroatoms. The quantitative estimate of drug-likeness (QED) is 0.205. The summed E-state index contributed by atoms with van der Waals surface area (Å²) in [4.78, 5) is 0. The number of unbranched alkanes of at least 4 members (excludes halogenated alkanes) is 5. The van der Waals surface area contributed by atoms with Gasteiger partial charge in [-0.05, 0) is 49.2 Å². The molecule has 0 bridgehead atoms. The molecule has 3 rings (SSSR count). The van der Waals surface area contributed by atoms with Crippen molar-refractivity contribution < 1.29 is 13.3 Å². The molecule has 0 unspecified atom stereocenters. The van der Waals surface area contributed by atoms with Gasteiger partial charge in [0.1, 0.15) is 17.2 Å². The summed E-state index contributed by atoms with van der Waals surface area (Å²) in [5, 5.41) is 0. The lowest BCUT2D eigenvalue weighted by atomic mass is 10.1. The predicted octanol–water partition coefficient (Wildman–Crippen LogP) is 7.62. The van der Waals surface area contributed by atoms with Crippen molar-refractivity contribution in [1.82, 2.24) is 0 Å². The molecule has 162 valence electrons. The van der Waals surface area contributed by atoms with Crippen LogP contribution in [0.5, 0.6) is 17.2 Å². The molecule has 0 saturated carbocycles. The SMILES string of the molecule is CCCCCCCC=C[Si](Oc1ccccc1)(Oc1ccccc1)Oc1ccccc1. The Hall–Kier alpha value is -2.98. The predicted molar refractivity (Wildman–Crippen MR) is 129 cm³/mol. The molecule has 0 aromatic heterocycles. The van der Waals surface area contributed by atoms with Crippen molar-refractivity contribution in [3.63, 3.8) is 0 Å². The van der Waals surface area contributed by atoms with Crippen molar-refractivity contribution in [3.8, 4) is 17.2 Å². The minimum absolute atomic E-state index is 0.730. The third-order valence-corrected chi connectivity index (χ3v) is 7.01. The standard InChI is InChI=1S/C27H32O3Si/c1-2-3-4-5-6-7-17-24-31(28-25-18-11-8-12-19-25,29-26-20-13-9-14-21-26)30-27-22-15-10-16-23-27/h8-24H,2-7H2,1H3. The molecule has 0 heterocycles. The van der Waals surface area contributed by atoms with Crippen LogP contribution in [-0.4, -0.2) is 8.80 Å². The lowest BCUT2D eigenvalue weighted by molar-refractivity contribution is 0.279. The fourth-order valence-electron chi connectivity index (χ4n) is 3.22. The molecule has 0 radical (unpaired) electrons. The monoisotopic (exact) mass is 432 g/mol. The summed E-state index contributed by atoms with van der Waals surface area (Å²) in [6, 6.07) is 29.2. The number of rotatable bonds is 13. The van der Waals surface area contributed by atoms with Gasteiger partial charge in [-0.1, -0.05) is 93.3 Å². The van der Waals surface area contributed by atoms with Gasteiger partial charge >= 0.3 is 8.80 Å². The molecule has 0 aliphatic heterocycles. The van der Waals surface area contributed by atoms with E-state index in [4.69, 9.17) is 13.3 Å². The highest BCUT2D eigenvalue weighted by atomic mass is 28.4. The first-order valence-electron chi connectivity index (χ1n) is 11.2. The fourth-order valence-corrected chi connectivity index (χ4v) is 5.39. The smallest absolute Gasteiger partial charge is 0.480 e. The summed E-state index contributed by atoms with van der Waals surface area (Å²) in [5.74, 6) is 2.19. The van der Waals surface area contributed by atoms with E-state index in [0.717, 1.165) is 30.1 Å². The Balaban J connectivity index is 1.85. The molecule has 0 saturated heterocycles. The fraction of sp³-hybridized carbons (Fsp3) is 0.259. The highest BCUT2D eigenvalue weighted by Gasteiger charge is 2.46. The zero-order valence-corrected chi connectivity index (χ0v) is 19.3. The van der Waals surface area contributed by atoms with Gasteiger partial charge in [-0.2, -0.15) is 0 Å². The van der Waals surface area contributed by atoms with E-state index in [9.17, 15) is 0 Å². The van der Waals surface area contributed by atoms with E-state index in [1.165, 1.54) is 25.7 Å². The lowest BCUT2D eigenvalue weighted by Crippen LogP contribution is -2.53. The maximum Gasteiger partial charge on any atom is 0.729 e. The molecular weight excluding hydrogens is 400 g/mol. The Kier molecular flexibility index (Phi) is 9.26. The summed E-state index contributed by atoms with van der Waals surface area (Å²) < 4.78 is 19.4. The number of hydrogen-bond donors (Lipinski definition) is 0. The van der Waals surface area contributed by atoms with E-state index in [2.05, 4.69) is 13.0 Å². The molecule has 0 spiro atoms. The van der Waals surface area contributed by atoms with Crippen molar-refractivity contribution in [1.29, 1.82) is 0 Å². The first-order valence-corrected chi connectivity index (χ1v) is 13.0. The Morgan fingerprint density at radius 3 is 1.42 bits per heavy atom. The van der Waals surface area contributed by atoms with E-state index >= 15 is 0 Å². The van der Waals surface area contributed by atoms with Crippen LogP contribution in [-0.2, 0) is 0 Å². The van der Waals surface area contributed by atoms with Gasteiger partial charge in [0.25, 0.3) is 0 Å². The Bertz CT molecular complexity index is 781. The van der Waals surface area contributed by atoms with Crippen LogP contribution in [0.25, 0.3) is 0 Å². The summed E-state index contributed by atoms with van der Waals surface area (Å²) in [5.41, 5.74) is 2.03. The average Bonchev–Trinajstić information content (AvgIpc) is 2.80. The van der Waals surface area contributed by atoms with E-state index < -0.39 is 8.80 Å². The first kappa shape index (κ1) is 22.7. The summed E-state index contributed by atoms with van der Waals surface area (Å²) in [6.07, 6.45) is 9.38. The van der Waals surface area contributed by atoms with E-state index in [1.54, 1.807) is 0 Å².